The van der Waals surface area contributed by atoms with Gasteiger partial charge in [-0.2, -0.15) is 0 Å². The fourth-order valence-electron chi connectivity index (χ4n) is 2.02. The summed E-state index contributed by atoms with van der Waals surface area (Å²) in [6.07, 6.45) is 0. The molecule has 98 valence electrons. The third-order valence-electron chi connectivity index (χ3n) is 3.06. The van der Waals surface area contributed by atoms with Crippen LogP contribution in [-0.2, 0) is 0 Å². The maximum absolute atomic E-state index is 13.3. The van der Waals surface area contributed by atoms with E-state index in [-0.39, 0.29) is 5.91 Å². The lowest BCUT2D eigenvalue weighted by atomic mass is 10.1. The highest BCUT2D eigenvalue weighted by molar-refractivity contribution is 6.06. The summed E-state index contributed by atoms with van der Waals surface area (Å²) in [5.41, 5.74) is 2.00. The van der Waals surface area contributed by atoms with Crippen LogP contribution in [0.5, 0.6) is 0 Å². The standard InChI is InChI=1S/C16H16FNO/c1-3-18(14-7-5-4-6-8-14)16(19)15-11-13(17)10-9-12(15)2/h4-11H,3H2,1-2H3. The summed E-state index contributed by atoms with van der Waals surface area (Å²) in [7, 11) is 0. The summed E-state index contributed by atoms with van der Waals surface area (Å²) in [6.45, 7) is 4.25. The zero-order valence-corrected chi connectivity index (χ0v) is 11.1. The second kappa shape index (κ2) is 5.65. The highest BCUT2D eigenvalue weighted by Gasteiger charge is 2.18. The van der Waals surface area contributed by atoms with E-state index in [0.717, 1.165) is 11.3 Å². The predicted molar refractivity (Wildman–Crippen MR) is 74.9 cm³/mol. The van der Waals surface area contributed by atoms with Crippen LogP contribution in [0.2, 0.25) is 0 Å². The Labute approximate surface area is 112 Å². The number of aryl methyl sites for hydroxylation is 1. The van der Waals surface area contributed by atoms with Gasteiger partial charge in [-0.15, -0.1) is 0 Å². The normalized spacial score (nSPS) is 10.3. The molecule has 0 fully saturated rings. The number of carbonyl (C=O) groups is 1. The number of benzene rings is 2. The number of para-hydroxylation sites is 1. The third kappa shape index (κ3) is 2.81. The molecule has 0 aliphatic carbocycles. The Kier molecular flexibility index (Phi) is 3.95. The van der Waals surface area contributed by atoms with E-state index in [1.807, 2.05) is 44.2 Å². The van der Waals surface area contributed by atoms with Crippen LogP contribution < -0.4 is 4.90 Å². The van der Waals surface area contributed by atoms with Crippen molar-refractivity contribution in [1.82, 2.24) is 0 Å². The molecule has 0 heterocycles. The molecular weight excluding hydrogens is 241 g/mol. The Morgan fingerprint density at radius 1 is 1.16 bits per heavy atom. The van der Waals surface area contributed by atoms with Crippen LogP contribution in [0.15, 0.2) is 48.5 Å². The van der Waals surface area contributed by atoms with Crippen molar-refractivity contribution in [2.24, 2.45) is 0 Å². The van der Waals surface area contributed by atoms with Gasteiger partial charge in [-0.05, 0) is 43.7 Å². The Morgan fingerprint density at radius 3 is 2.47 bits per heavy atom. The number of rotatable bonds is 3. The molecule has 0 saturated heterocycles. The van der Waals surface area contributed by atoms with Gasteiger partial charge < -0.3 is 4.90 Å². The van der Waals surface area contributed by atoms with Gasteiger partial charge in [0.2, 0.25) is 0 Å². The van der Waals surface area contributed by atoms with Gasteiger partial charge >= 0.3 is 0 Å². The first-order chi connectivity index (χ1) is 9.13. The molecule has 0 atom stereocenters. The largest absolute Gasteiger partial charge is 0.309 e. The third-order valence-corrected chi connectivity index (χ3v) is 3.06. The minimum absolute atomic E-state index is 0.175. The zero-order valence-electron chi connectivity index (χ0n) is 11.1. The topological polar surface area (TPSA) is 20.3 Å². The molecular formula is C16H16FNO. The Morgan fingerprint density at radius 2 is 1.84 bits per heavy atom. The summed E-state index contributed by atoms with van der Waals surface area (Å²) in [5, 5.41) is 0. The van der Waals surface area contributed by atoms with Crippen molar-refractivity contribution in [3.05, 3.63) is 65.5 Å². The Balaban J connectivity index is 2.39. The van der Waals surface area contributed by atoms with Gasteiger partial charge in [0.15, 0.2) is 0 Å². The SMILES string of the molecule is CCN(C(=O)c1cc(F)ccc1C)c1ccccc1. The molecule has 0 aromatic heterocycles. The summed E-state index contributed by atoms with van der Waals surface area (Å²) in [6, 6.07) is 13.7. The quantitative estimate of drug-likeness (QED) is 0.819. The number of halogens is 1. The van der Waals surface area contributed by atoms with Crippen LogP contribution >= 0.6 is 0 Å². The number of amides is 1. The molecule has 0 N–H and O–H groups in total. The van der Waals surface area contributed by atoms with Crippen LogP contribution in [-0.4, -0.2) is 12.5 Å². The summed E-state index contributed by atoms with van der Waals surface area (Å²) >= 11 is 0. The summed E-state index contributed by atoms with van der Waals surface area (Å²) < 4.78 is 13.3. The van der Waals surface area contributed by atoms with E-state index < -0.39 is 5.82 Å². The van der Waals surface area contributed by atoms with E-state index in [1.54, 1.807) is 11.0 Å². The van der Waals surface area contributed by atoms with Crippen LogP contribution in [0.3, 0.4) is 0 Å². The molecule has 1 amide bonds. The number of anilines is 1. The zero-order chi connectivity index (χ0) is 13.8. The monoisotopic (exact) mass is 257 g/mol. The van der Waals surface area contributed by atoms with Crippen molar-refractivity contribution in [3.63, 3.8) is 0 Å². The highest BCUT2D eigenvalue weighted by Crippen LogP contribution is 2.19. The van der Waals surface area contributed by atoms with Crippen molar-refractivity contribution < 1.29 is 9.18 Å². The van der Waals surface area contributed by atoms with Gasteiger partial charge in [0.25, 0.3) is 5.91 Å². The van der Waals surface area contributed by atoms with Crippen LogP contribution in [0.4, 0.5) is 10.1 Å². The van der Waals surface area contributed by atoms with Gasteiger partial charge in [0, 0.05) is 17.8 Å². The van der Waals surface area contributed by atoms with Gasteiger partial charge in [-0.25, -0.2) is 4.39 Å². The maximum atomic E-state index is 13.3. The molecule has 2 nitrogen and oxygen atoms in total. The van der Waals surface area contributed by atoms with Crippen LogP contribution in [0, 0.1) is 12.7 Å². The second-order valence-electron chi connectivity index (χ2n) is 4.34. The van der Waals surface area contributed by atoms with E-state index in [4.69, 9.17) is 0 Å². The molecule has 0 aliphatic heterocycles. The second-order valence-corrected chi connectivity index (χ2v) is 4.34. The lowest BCUT2D eigenvalue weighted by molar-refractivity contribution is 0.0987. The van der Waals surface area contributed by atoms with Crippen molar-refractivity contribution in [3.8, 4) is 0 Å². The number of hydrogen-bond acceptors (Lipinski definition) is 1. The fraction of sp³-hybridized carbons (Fsp3) is 0.188. The van der Waals surface area contributed by atoms with Gasteiger partial charge in [-0.1, -0.05) is 24.3 Å². The highest BCUT2D eigenvalue weighted by atomic mass is 19.1. The van der Waals surface area contributed by atoms with Gasteiger partial charge in [0.05, 0.1) is 0 Å². The molecule has 0 aliphatic rings. The summed E-state index contributed by atoms with van der Waals surface area (Å²) in [5.74, 6) is -0.566. The van der Waals surface area contributed by atoms with Crippen molar-refractivity contribution in [1.29, 1.82) is 0 Å². The van der Waals surface area contributed by atoms with E-state index >= 15 is 0 Å². The minimum atomic E-state index is -0.391. The smallest absolute Gasteiger partial charge is 0.258 e. The van der Waals surface area contributed by atoms with Gasteiger partial charge in [0.1, 0.15) is 5.82 Å². The van der Waals surface area contributed by atoms with Crippen LogP contribution in [0.1, 0.15) is 22.8 Å². The molecule has 3 heteroatoms. The first-order valence-electron chi connectivity index (χ1n) is 6.26. The fourth-order valence-corrected chi connectivity index (χ4v) is 2.02. The molecule has 2 rings (SSSR count). The molecule has 2 aromatic rings. The first-order valence-corrected chi connectivity index (χ1v) is 6.26. The molecule has 19 heavy (non-hydrogen) atoms. The molecule has 0 unspecified atom stereocenters. The average Bonchev–Trinajstić information content (AvgIpc) is 2.43. The van der Waals surface area contributed by atoms with Crippen molar-refractivity contribution >= 4 is 11.6 Å². The van der Waals surface area contributed by atoms with E-state index in [2.05, 4.69) is 0 Å². The number of carbonyl (C=O) groups excluding carboxylic acids is 1. The van der Waals surface area contributed by atoms with Crippen molar-refractivity contribution in [2.75, 3.05) is 11.4 Å². The molecule has 0 saturated carbocycles. The summed E-state index contributed by atoms with van der Waals surface area (Å²) in [4.78, 5) is 14.1. The van der Waals surface area contributed by atoms with Crippen LogP contribution in [0.25, 0.3) is 0 Å². The number of hydrogen-bond donors (Lipinski definition) is 0. The molecule has 0 spiro atoms. The lowest BCUT2D eigenvalue weighted by Crippen LogP contribution is -2.31. The maximum Gasteiger partial charge on any atom is 0.258 e. The molecule has 2 aromatic carbocycles. The Hall–Kier alpha value is -2.16. The predicted octanol–water partition coefficient (Wildman–Crippen LogP) is 3.80. The lowest BCUT2D eigenvalue weighted by Gasteiger charge is -2.22. The van der Waals surface area contributed by atoms with Crippen molar-refractivity contribution in [2.45, 2.75) is 13.8 Å². The first kappa shape index (κ1) is 13.3. The Bertz CT molecular complexity index is 581. The minimum Gasteiger partial charge on any atom is -0.309 e. The molecule has 0 bridgehead atoms. The van der Waals surface area contributed by atoms with E-state index in [9.17, 15) is 9.18 Å². The average molecular weight is 257 g/mol. The van der Waals surface area contributed by atoms with Gasteiger partial charge in [-0.3, -0.25) is 4.79 Å². The molecule has 0 radical (unpaired) electrons. The van der Waals surface area contributed by atoms with E-state index in [0.29, 0.717) is 12.1 Å². The van der Waals surface area contributed by atoms with E-state index in [1.165, 1.54) is 12.1 Å². The number of nitrogens with zero attached hydrogens (tertiary/aromatic N) is 1.